The lowest BCUT2D eigenvalue weighted by atomic mass is 10.0. The second kappa shape index (κ2) is 5.49. The predicted octanol–water partition coefficient (Wildman–Crippen LogP) is 2.36. The quantitative estimate of drug-likeness (QED) is 0.526. The summed E-state index contributed by atoms with van der Waals surface area (Å²) in [5, 5.41) is 2.16. The fourth-order valence-electron chi connectivity index (χ4n) is 1.77. The molecule has 0 aliphatic carbocycles. The normalized spacial score (nSPS) is 11.5. The maximum Gasteiger partial charge on any atom is 0.205 e. The Labute approximate surface area is 107 Å². The van der Waals surface area contributed by atoms with Crippen LogP contribution in [0.15, 0.2) is 42.5 Å². The Kier molecular flexibility index (Phi) is 3.99. The lowest BCUT2D eigenvalue weighted by Crippen LogP contribution is -2.19. The fraction of sp³-hybridized carbons (Fsp3) is 0.167. The Hall–Kier alpha value is -1.10. The molecule has 0 spiro atoms. The molecule has 90 valence electrons. The van der Waals surface area contributed by atoms with Gasteiger partial charge in [0.05, 0.1) is 6.00 Å². The van der Waals surface area contributed by atoms with E-state index in [0.29, 0.717) is 6.54 Å². The Balaban J connectivity index is 2.42. The monoisotopic (exact) mass is 269 g/mol. The van der Waals surface area contributed by atoms with Gasteiger partial charge in [-0.05, 0) is 16.3 Å². The number of benzene rings is 2. The van der Waals surface area contributed by atoms with Gasteiger partial charge in [0.15, 0.2) is 0 Å². The minimum atomic E-state index is -2.64. The molecule has 0 aromatic heterocycles. The van der Waals surface area contributed by atoms with Crippen LogP contribution in [0.1, 0.15) is 5.56 Å². The van der Waals surface area contributed by atoms with Gasteiger partial charge in [0.2, 0.25) is 10.9 Å². The van der Waals surface area contributed by atoms with E-state index in [1.165, 1.54) is 4.31 Å². The number of hydrogen-bond acceptors (Lipinski definition) is 2. The molecule has 0 unspecified atom stereocenters. The maximum absolute atomic E-state index is 10.9. The summed E-state index contributed by atoms with van der Waals surface area (Å²) in [7, 11) is -2.64. The zero-order valence-electron chi connectivity index (χ0n) is 9.04. The van der Waals surface area contributed by atoms with Gasteiger partial charge in [0.25, 0.3) is 0 Å². The number of nitrogens with zero attached hydrogens (tertiary/aromatic N) is 1. The molecule has 0 saturated carbocycles. The summed E-state index contributed by atoms with van der Waals surface area (Å²) in [6.07, 6.45) is 0. The summed E-state index contributed by atoms with van der Waals surface area (Å²) < 4.78 is 23.1. The van der Waals surface area contributed by atoms with Crippen LogP contribution >= 0.6 is 11.6 Å². The number of thiol groups is 1. The van der Waals surface area contributed by atoms with E-state index in [0.717, 1.165) is 16.3 Å². The molecule has 0 heterocycles. The Morgan fingerprint density at radius 1 is 1.06 bits per heavy atom. The van der Waals surface area contributed by atoms with E-state index < -0.39 is 10.9 Å². The van der Waals surface area contributed by atoms with Gasteiger partial charge >= 0.3 is 0 Å². The second-order valence-corrected chi connectivity index (χ2v) is 4.94. The molecule has 0 atom stereocenters. The highest BCUT2D eigenvalue weighted by atomic mass is 35.5. The van der Waals surface area contributed by atoms with Gasteiger partial charge < -0.3 is 0 Å². The minimum Gasteiger partial charge on any atom is -0.215 e. The van der Waals surface area contributed by atoms with Crippen molar-refractivity contribution < 1.29 is 8.42 Å². The summed E-state index contributed by atoms with van der Waals surface area (Å²) in [6, 6.07) is 13.7. The van der Waals surface area contributed by atoms with Crippen molar-refractivity contribution in [2.45, 2.75) is 6.54 Å². The zero-order valence-corrected chi connectivity index (χ0v) is 10.7. The van der Waals surface area contributed by atoms with Crippen molar-refractivity contribution in [2.75, 3.05) is 6.00 Å². The van der Waals surface area contributed by atoms with Crippen LogP contribution in [0, 0.1) is 0 Å². The van der Waals surface area contributed by atoms with E-state index in [9.17, 15) is 8.42 Å². The maximum atomic E-state index is 10.9. The van der Waals surface area contributed by atoms with E-state index in [-0.39, 0.29) is 6.00 Å². The van der Waals surface area contributed by atoms with E-state index in [1.54, 1.807) is 0 Å². The first kappa shape index (κ1) is 12.4. The molecule has 0 amide bonds. The van der Waals surface area contributed by atoms with E-state index in [1.807, 2.05) is 42.5 Å². The molecule has 2 aromatic carbocycles. The van der Waals surface area contributed by atoms with Crippen molar-refractivity contribution in [3.8, 4) is 0 Å². The van der Waals surface area contributed by atoms with Crippen molar-refractivity contribution in [2.24, 2.45) is 0 Å². The van der Waals surface area contributed by atoms with Gasteiger partial charge in [0, 0.05) is 6.54 Å². The number of rotatable bonds is 4. The zero-order chi connectivity index (χ0) is 12.3. The largest absolute Gasteiger partial charge is 0.215 e. The molecule has 5 heteroatoms. The molecule has 0 saturated heterocycles. The van der Waals surface area contributed by atoms with Gasteiger partial charge in [-0.15, -0.1) is 11.6 Å². The molecular weight excluding hydrogens is 258 g/mol. The Morgan fingerprint density at radius 2 is 1.76 bits per heavy atom. The molecule has 0 aliphatic rings. The number of alkyl halides is 1. The van der Waals surface area contributed by atoms with E-state index in [4.69, 9.17) is 11.6 Å². The van der Waals surface area contributed by atoms with E-state index in [2.05, 4.69) is 0 Å². The molecule has 0 radical (unpaired) electrons. The molecule has 0 N–H and O–H groups in total. The first-order valence-corrected chi connectivity index (χ1v) is 6.80. The van der Waals surface area contributed by atoms with Crippen LogP contribution in [0.5, 0.6) is 0 Å². The third-order valence-corrected chi connectivity index (χ3v) is 3.80. The van der Waals surface area contributed by atoms with Crippen LogP contribution in [0.4, 0.5) is 0 Å². The van der Waals surface area contributed by atoms with Crippen molar-refractivity contribution >= 4 is 33.3 Å². The standard InChI is InChI=1S/C12H12ClNO2S/c13-9-14(17(15)16)8-11-6-3-5-10-4-1-2-7-12(10)11/h1-7,17H,8-9H2. The van der Waals surface area contributed by atoms with Crippen LogP contribution in [0.25, 0.3) is 10.8 Å². The minimum absolute atomic E-state index is 0.0259. The number of fused-ring (bicyclic) bond motifs is 1. The van der Waals surface area contributed by atoms with Gasteiger partial charge in [-0.3, -0.25) is 0 Å². The Bertz CT molecular complexity index is 585. The molecule has 2 rings (SSSR count). The number of hydrogen-bond donors (Lipinski definition) is 1. The highest BCUT2D eigenvalue weighted by Crippen LogP contribution is 2.20. The molecule has 3 nitrogen and oxygen atoms in total. The summed E-state index contributed by atoms with van der Waals surface area (Å²) in [6.45, 7) is 0.309. The van der Waals surface area contributed by atoms with Crippen molar-refractivity contribution in [3.05, 3.63) is 48.0 Å². The topological polar surface area (TPSA) is 37.4 Å². The lowest BCUT2D eigenvalue weighted by Gasteiger charge is -2.13. The van der Waals surface area contributed by atoms with Crippen LogP contribution in [-0.4, -0.2) is 18.7 Å². The molecule has 0 fully saturated rings. The first-order valence-electron chi connectivity index (χ1n) is 5.14. The summed E-state index contributed by atoms with van der Waals surface area (Å²) in [5.74, 6) is 0. The first-order chi connectivity index (χ1) is 8.22. The number of halogens is 1. The molecule has 0 bridgehead atoms. The lowest BCUT2D eigenvalue weighted by molar-refractivity contribution is 0.473. The fourth-order valence-corrected chi connectivity index (χ4v) is 2.47. The summed E-state index contributed by atoms with van der Waals surface area (Å²) in [4.78, 5) is 0. The van der Waals surface area contributed by atoms with E-state index >= 15 is 0 Å². The van der Waals surface area contributed by atoms with Crippen LogP contribution in [-0.2, 0) is 17.4 Å². The van der Waals surface area contributed by atoms with Crippen LogP contribution < -0.4 is 0 Å². The predicted molar refractivity (Wildman–Crippen MR) is 70.5 cm³/mol. The average Bonchev–Trinajstić information content (AvgIpc) is 2.35. The molecule has 0 aliphatic heterocycles. The highest BCUT2D eigenvalue weighted by Gasteiger charge is 2.08. The van der Waals surface area contributed by atoms with Gasteiger partial charge in [-0.1, -0.05) is 42.5 Å². The van der Waals surface area contributed by atoms with Gasteiger partial charge in [-0.2, -0.15) is 4.31 Å². The average molecular weight is 270 g/mol. The third kappa shape index (κ3) is 2.77. The third-order valence-electron chi connectivity index (χ3n) is 2.60. The summed E-state index contributed by atoms with van der Waals surface area (Å²) >= 11 is 5.61. The Morgan fingerprint density at radius 3 is 2.47 bits per heavy atom. The van der Waals surface area contributed by atoms with Gasteiger partial charge in [0.1, 0.15) is 0 Å². The molecular formula is C12H12ClNO2S. The van der Waals surface area contributed by atoms with Gasteiger partial charge in [-0.25, -0.2) is 8.42 Å². The van der Waals surface area contributed by atoms with Crippen molar-refractivity contribution in [1.82, 2.24) is 4.31 Å². The summed E-state index contributed by atoms with van der Waals surface area (Å²) in [5.41, 5.74) is 0.961. The van der Waals surface area contributed by atoms with Crippen LogP contribution in [0.2, 0.25) is 0 Å². The SMILES string of the molecule is O=[SH](=O)N(CCl)Cc1cccc2ccccc12. The highest BCUT2D eigenvalue weighted by molar-refractivity contribution is 7.69. The molecule has 2 aromatic rings. The molecule has 17 heavy (non-hydrogen) atoms. The van der Waals surface area contributed by atoms with Crippen molar-refractivity contribution in [3.63, 3.8) is 0 Å². The smallest absolute Gasteiger partial charge is 0.205 e. The van der Waals surface area contributed by atoms with Crippen molar-refractivity contribution in [1.29, 1.82) is 0 Å². The second-order valence-electron chi connectivity index (χ2n) is 3.66. The van der Waals surface area contributed by atoms with Crippen LogP contribution in [0.3, 0.4) is 0 Å².